The van der Waals surface area contributed by atoms with Crippen LogP contribution in [-0.4, -0.2) is 57.5 Å². The summed E-state index contributed by atoms with van der Waals surface area (Å²) in [6.07, 6.45) is 9.62. The number of aryl methyl sites for hydroxylation is 1. The highest BCUT2D eigenvalue weighted by atomic mass is 32.2. The van der Waals surface area contributed by atoms with E-state index in [1.165, 1.54) is 0 Å². The molecule has 3 N–H and O–H groups in total. The second kappa shape index (κ2) is 7.75. The Kier molecular flexibility index (Phi) is 5.18. The molecular formula is C21H29N5O4S. The number of hydrogen-bond acceptors (Lipinski definition) is 8. The molecule has 2 aromatic heterocycles. The summed E-state index contributed by atoms with van der Waals surface area (Å²) in [5, 5.41) is 18.9. The highest BCUT2D eigenvalue weighted by Gasteiger charge is 2.39. The van der Waals surface area contributed by atoms with E-state index in [0.29, 0.717) is 32.2 Å². The molecule has 1 spiro atoms. The lowest BCUT2D eigenvalue weighted by Crippen LogP contribution is -2.36. The number of rotatable bonds is 4. The van der Waals surface area contributed by atoms with Gasteiger partial charge in [0.2, 0.25) is 0 Å². The van der Waals surface area contributed by atoms with Crippen LogP contribution < -0.4 is 10.8 Å². The molecule has 0 amide bonds. The van der Waals surface area contributed by atoms with E-state index in [2.05, 4.69) is 27.0 Å². The van der Waals surface area contributed by atoms with Gasteiger partial charge in [0.05, 0.1) is 40.6 Å². The van der Waals surface area contributed by atoms with Crippen LogP contribution in [0.4, 0.5) is 5.69 Å². The summed E-state index contributed by atoms with van der Waals surface area (Å²) < 4.78 is 25.6. The van der Waals surface area contributed by atoms with Gasteiger partial charge >= 0.3 is 0 Å². The molecule has 168 valence electrons. The van der Waals surface area contributed by atoms with Gasteiger partial charge in [0.15, 0.2) is 5.65 Å². The zero-order valence-electron chi connectivity index (χ0n) is 17.7. The number of sulfone groups is 1. The number of nitrogens with one attached hydrogen (secondary N) is 2. The van der Waals surface area contributed by atoms with E-state index in [1.807, 2.05) is 24.0 Å². The molecule has 3 aliphatic rings. The predicted octanol–water partition coefficient (Wildman–Crippen LogP) is 1.99. The predicted molar refractivity (Wildman–Crippen MR) is 118 cm³/mol. The van der Waals surface area contributed by atoms with Crippen LogP contribution in [0.15, 0.2) is 18.5 Å². The highest BCUT2D eigenvalue weighted by molar-refractivity contribution is 7.91. The monoisotopic (exact) mass is 447 g/mol. The van der Waals surface area contributed by atoms with Crippen molar-refractivity contribution in [2.45, 2.75) is 69.7 Å². The molecule has 0 radical (unpaired) electrons. The molecule has 0 unspecified atom stereocenters. The first-order valence-corrected chi connectivity index (χ1v) is 12.9. The maximum Gasteiger partial charge on any atom is 0.159 e. The van der Waals surface area contributed by atoms with Crippen LogP contribution in [0.25, 0.3) is 16.7 Å². The number of aromatic nitrogens is 3. The van der Waals surface area contributed by atoms with Crippen molar-refractivity contribution in [2.24, 2.45) is 0 Å². The van der Waals surface area contributed by atoms with Gasteiger partial charge in [-0.3, -0.25) is 10.3 Å². The largest absolute Gasteiger partial charge is 0.393 e. The van der Waals surface area contributed by atoms with Crippen molar-refractivity contribution in [1.29, 1.82) is 0 Å². The van der Waals surface area contributed by atoms with Gasteiger partial charge < -0.3 is 10.4 Å². The normalized spacial score (nSPS) is 23.7. The number of hydrogen-bond donors (Lipinski definition) is 3. The number of nitrogens with zero attached hydrogens (tertiary/aromatic N) is 3. The fraction of sp³-hybridized carbons (Fsp3) is 0.619. The zero-order chi connectivity index (χ0) is 21.6. The summed E-state index contributed by atoms with van der Waals surface area (Å²) >= 11 is 0. The number of fused-ring (bicyclic) bond motifs is 1. The summed E-state index contributed by atoms with van der Waals surface area (Å²) in [7, 11) is -2.93. The number of aliphatic hydroxyl groups excluding tert-OH is 1. The first-order valence-electron chi connectivity index (χ1n) is 11.0. The second-order valence-corrected chi connectivity index (χ2v) is 11.2. The van der Waals surface area contributed by atoms with Gasteiger partial charge in [0.1, 0.15) is 15.4 Å². The van der Waals surface area contributed by atoms with Crippen molar-refractivity contribution in [3.8, 4) is 0 Å². The molecule has 1 saturated heterocycles. The quantitative estimate of drug-likeness (QED) is 0.651. The van der Waals surface area contributed by atoms with Crippen LogP contribution in [0.1, 0.15) is 51.0 Å². The van der Waals surface area contributed by atoms with Gasteiger partial charge in [-0.1, -0.05) is 0 Å². The van der Waals surface area contributed by atoms with Gasteiger partial charge in [0, 0.05) is 24.3 Å². The number of aliphatic hydroxyl groups is 1. The summed E-state index contributed by atoms with van der Waals surface area (Å²) in [6, 6.07) is 0.0690. The Bertz CT molecular complexity index is 1100. The molecule has 0 atom stereocenters. The Labute approximate surface area is 181 Å². The maximum absolute atomic E-state index is 11.9. The molecule has 0 aromatic carbocycles. The molecule has 31 heavy (non-hydrogen) atoms. The lowest BCUT2D eigenvalue weighted by molar-refractivity contribution is -0.0743. The number of pyridine rings is 1. The van der Waals surface area contributed by atoms with Gasteiger partial charge in [-0.05, 0) is 51.5 Å². The van der Waals surface area contributed by atoms with E-state index < -0.39 is 15.4 Å². The third-order valence-electron chi connectivity index (χ3n) is 6.73. The van der Waals surface area contributed by atoms with E-state index in [0.717, 1.165) is 40.8 Å². The smallest absolute Gasteiger partial charge is 0.159 e. The molecule has 0 bridgehead atoms. The summed E-state index contributed by atoms with van der Waals surface area (Å²) in [6.45, 7) is 2.74. The summed E-state index contributed by atoms with van der Waals surface area (Å²) in [4.78, 5) is 10.7. The third kappa shape index (κ3) is 3.92. The van der Waals surface area contributed by atoms with Crippen molar-refractivity contribution in [3.05, 3.63) is 24.0 Å². The second-order valence-electron chi connectivity index (χ2n) is 8.87. The fourth-order valence-corrected chi connectivity index (χ4v) is 6.30. The van der Waals surface area contributed by atoms with Crippen LogP contribution in [0.2, 0.25) is 0 Å². The Morgan fingerprint density at radius 2 is 2.00 bits per heavy atom. The van der Waals surface area contributed by atoms with Gasteiger partial charge in [-0.25, -0.2) is 18.1 Å². The van der Waals surface area contributed by atoms with Crippen molar-refractivity contribution in [1.82, 2.24) is 20.2 Å². The van der Waals surface area contributed by atoms with Gasteiger partial charge in [-0.2, -0.15) is 5.10 Å². The Morgan fingerprint density at radius 1 is 1.26 bits per heavy atom. The van der Waals surface area contributed by atoms with Crippen molar-refractivity contribution in [2.75, 3.05) is 16.8 Å². The van der Waals surface area contributed by atoms with E-state index >= 15 is 0 Å². The minimum absolute atomic E-state index is 0.0690. The van der Waals surface area contributed by atoms with Gasteiger partial charge in [0.25, 0.3) is 0 Å². The van der Waals surface area contributed by atoms with Crippen molar-refractivity contribution < 1.29 is 18.4 Å². The summed E-state index contributed by atoms with van der Waals surface area (Å²) in [5.41, 5.74) is 6.13. The lowest BCUT2D eigenvalue weighted by Gasteiger charge is -2.31. The van der Waals surface area contributed by atoms with Crippen molar-refractivity contribution in [3.63, 3.8) is 0 Å². The SMILES string of the molecule is CCn1ncc2c(NC3CCS(=O)(=O)CC3)c(C3=CC4(CCC(O)CC4)ON3)cnc21. The molecule has 9 nitrogen and oxygen atoms in total. The maximum atomic E-state index is 11.9. The van der Waals surface area contributed by atoms with E-state index in [1.54, 1.807) is 0 Å². The highest BCUT2D eigenvalue weighted by Crippen LogP contribution is 2.40. The van der Waals surface area contributed by atoms with Crippen LogP contribution in [-0.2, 0) is 21.2 Å². The van der Waals surface area contributed by atoms with Crippen LogP contribution >= 0.6 is 0 Å². The van der Waals surface area contributed by atoms with Gasteiger partial charge in [-0.15, -0.1) is 0 Å². The molecule has 10 heteroatoms. The minimum Gasteiger partial charge on any atom is -0.393 e. The standard InChI is InChI=1S/C21H29N5O4S/c1-2-26-20-17(13-23-26)19(24-14-5-9-31(28,29)10-6-14)16(12-22-20)18-11-21(30-25-18)7-3-15(27)4-8-21/h11-15,25,27H,2-10H2,1H3,(H,22,24). The summed E-state index contributed by atoms with van der Waals surface area (Å²) in [5.74, 6) is 0.413. The molecule has 2 aliphatic heterocycles. The first-order chi connectivity index (χ1) is 14.9. The van der Waals surface area contributed by atoms with Crippen molar-refractivity contribution >= 4 is 32.3 Å². The zero-order valence-corrected chi connectivity index (χ0v) is 18.5. The fourth-order valence-electron chi connectivity index (χ4n) is 4.81. The van der Waals surface area contributed by atoms with Crippen LogP contribution in [0.3, 0.4) is 0 Å². The van der Waals surface area contributed by atoms with E-state index in [-0.39, 0.29) is 23.7 Å². The molecule has 4 heterocycles. The average Bonchev–Trinajstić information content (AvgIpc) is 3.37. The molecule has 1 aliphatic carbocycles. The number of hydroxylamine groups is 1. The average molecular weight is 448 g/mol. The van der Waals surface area contributed by atoms with Crippen LogP contribution in [0, 0.1) is 0 Å². The lowest BCUT2D eigenvalue weighted by atomic mass is 9.83. The molecule has 2 aromatic rings. The van der Waals surface area contributed by atoms with Crippen LogP contribution in [0.5, 0.6) is 0 Å². The molecular weight excluding hydrogens is 418 g/mol. The van der Waals surface area contributed by atoms with E-state index in [9.17, 15) is 13.5 Å². The molecule has 5 rings (SSSR count). The minimum atomic E-state index is -2.93. The Hall–Kier alpha value is -2.17. The third-order valence-corrected chi connectivity index (χ3v) is 8.45. The topological polar surface area (TPSA) is 118 Å². The number of anilines is 1. The first kappa shape index (κ1) is 20.7. The molecule has 2 fully saturated rings. The Morgan fingerprint density at radius 3 is 2.71 bits per heavy atom. The van der Waals surface area contributed by atoms with E-state index in [4.69, 9.17) is 4.84 Å². The Balaban J connectivity index is 1.51. The molecule has 1 saturated carbocycles.